The zero-order valence-corrected chi connectivity index (χ0v) is 12.5. The van der Waals surface area contributed by atoms with Gasteiger partial charge >= 0.3 is 0 Å². The molecule has 19 heavy (non-hydrogen) atoms. The summed E-state index contributed by atoms with van der Waals surface area (Å²) < 4.78 is 0. The van der Waals surface area contributed by atoms with Crippen LogP contribution in [0.1, 0.15) is 46.0 Å². The van der Waals surface area contributed by atoms with Crippen molar-refractivity contribution in [3.8, 4) is 0 Å². The highest BCUT2D eigenvalue weighted by Gasteiger charge is 2.29. The Kier molecular flexibility index (Phi) is 5.64. The monoisotopic (exact) mass is 267 g/mol. The first-order chi connectivity index (χ1) is 9.22. The highest BCUT2D eigenvalue weighted by molar-refractivity contribution is 5.81. The molecule has 1 aliphatic heterocycles. The summed E-state index contributed by atoms with van der Waals surface area (Å²) >= 11 is 0. The molecule has 1 amide bonds. The van der Waals surface area contributed by atoms with Crippen LogP contribution in [0, 0.1) is 0 Å². The van der Waals surface area contributed by atoms with E-state index in [9.17, 15) is 4.79 Å². The van der Waals surface area contributed by atoms with Crippen LogP contribution in [-0.2, 0) is 4.79 Å². The molecule has 110 valence electrons. The van der Waals surface area contributed by atoms with Gasteiger partial charge in [-0.2, -0.15) is 0 Å². The van der Waals surface area contributed by atoms with Gasteiger partial charge in [0.15, 0.2) is 0 Å². The highest BCUT2D eigenvalue weighted by Crippen LogP contribution is 2.24. The topological polar surface area (TPSA) is 35.6 Å². The van der Waals surface area contributed by atoms with Crippen LogP contribution in [0.5, 0.6) is 0 Å². The highest BCUT2D eigenvalue weighted by atomic mass is 16.2. The summed E-state index contributed by atoms with van der Waals surface area (Å²) in [6.07, 6.45) is 6.58. The number of carbonyl (C=O) groups excluding carboxylic acids is 1. The predicted molar refractivity (Wildman–Crippen MR) is 78.2 cm³/mol. The molecule has 1 saturated carbocycles. The van der Waals surface area contributed by atoms with E-state index < -0.39 is 0 Å². The van der Waals surface area contributed by atoms with E-state index in [1.165, 1.54) is 25.7 Å². The normalized spacial score (nSPS) is 24.5. The first-order valence-corrected chi connectivity index (χ1v) is 7.98. The Morgan fingerprint density at radius 3 is 2.42 bits per heavy atom. The van der Waals surface area contributed by atoms with Crippen LogP contribution in [-0.4, -0.2) is 60.5 Å². The van der Waals surface area contributed by atoms with Crippen molar-refractivity contribution in [2.75, 3.05) is 32.7 Å². The number of hydrogen-bond acceptors (Lipinski definition) is 3. The third kappa shape index (κ3) is 3.93. The number of nitrogens with one attached hydrogen (secondary N) is 1. The van der Waals surface area contributed by atoms with E-state index >= 15 is 0 Å². The van der Waals surface area contributed by atoms with E-state index in [0.29, 0.717) is 0 Å². The summed E-state index contributed by atoms with van der Waals surface area (Å²) in [6, 6.07) is 0.851. The van der Waals surface area contributed by atoms with Gasteiger partial charge in [0.25, 0.3) is 0 Å². The number of amides is 1. The van der Waals surface area contributed by atoms with Crippen molar-refractivity contribution in [1.82, 2.24) is 15.1 Å². The van der Waals surface area contributed by atoms with Crippen molar-refractivity contribution in [3.05, 3.63) is 0 Å². The number of hydrogen-bond donors (Lipinski definition) is 1. The first-order valence-electron chi connectivity index (χ1n) is 7.98. The quantitative estimate of drug-likeness (QED) is 0.819. The molecule has 1 saturated heterocycles. The van der Waals surface area contributed by atoms with Gasteiger partial charge in [-0.3, -0.25) is 14.6 Å². The molecule has 1 unspecified atom stereocenters. The van der Waals surface area contributed by atoms with E-state index in [2.05, 4.69) is 22.0 Å². The Balaban J connectivity index is 1.74. The second-order valence-electron chi connectivity index (χ2n) is 5.98. The van der Waals surface area contributed by atoms with Crippen molar-refractivity contribution in [3.63, 3.8) is 0 Å². The molecule has 1 heterocycles. The fourth-order valence-corrected chi connectivity index (χ4v) is 3.32. The Morgan fingerprint density at radius 2 is 1.84 bits per heavy atom. The molecule has 1 N–H and O–H groups in total. The lowest BCUT2D eigenvalue weighted by Crippen LogP contribution is -2.55. The van der Waals surface area contributed by atoms with Gasteiger partial charge in [-0.05, 0) is 26.2 Å². The van der Waals surface area contributed by atoms with Gasteiger partial charge in [0.05, 0.1) is 6.04 Å². The van der Waals surface area contributed by atoms with Crippen LogP contribution in [0.25, 0.3) is 0 Å². The summed E-state index contributed by atoms with van der Waals surface area (Å²) in [4.78, 5) is 16.9. The second kappa shape index (κ2) is 7.25. The fraction of sp³-hybridized carbons (Fsp3) is 0.933. The van der Waals surface area contributed by atoms with Gasteiger partial charge < -0.3 is 5.32 Å². The zero-order valence-electron chi connectivity index (χ0n) is 12.5. The van der Waals surface area contributed by atoms with Crippen LogP contribution in [0.2, 0.25) is 0 Å². The van der Waals surface area contributed by atoms with E-state index in [4.69, 9.17) is 0 Å². The van der Waals surface area contributed by atoms with E-state index in [1.807, 2.05) is 6.92 Å². The first kappa shape index (κ1) is 14.8. The van der Waals surface area contributed by atoms with Gasteiger partial charge in [0.2, 0.25) is 5.91 Å². The largest absolute Gasteiger partial charge is 0.355 e. The molecule has 0 aromatic rings. The minimum absolute atomic E-state index is 0.0253. The smallest absolute Gasteiger partial charge is 0.237 e. The molecule has 0 radical (unpaired) electrons. The zero-order chi connectivity index (χ0) is 13.7. The van der Waals surface area contributed by atoms with E-state index in [-0.39, 0.29) is 11.9 Å². The van der Waals surface area contributed by atoms with E-state index in [1.54, 1.807) is 0 Å². The lowest BCUT2D eigenvalue weighted by atomic mass is 10.1. The maximum atomic E-state index is 12.0. The van der Waals surface area contributed by atoms with Crippen molar-refractivity contribution < 1.29 is 4.79 Å². The molecule has 0 aromatic carbocycles. The Bertz CT molecular complexity index is 281. The summed E-state index contributed by atoms with van der Waals surface area (Å²) in [5.74, 6) is 0.191. The number of piperazine rings is 1. The van der Waals surface area contributed by atoms with Crippen LogP contribution in [0.15, 0.2) is 0 Å². The molecule has 2 aliphatic rings. The van der Waals surface area contributed by atoms with Gasteiger partial charge in [-0.1, -0.05) is 19.8 Å². The van der Waals surface area contributed by atoms with Crippen LogP contribution in [0.4, 0.5) is 0 Å². The summed E-state index contributed by atoms with van der Waals surface area (Å²) in [6.45, 7) is 9.27. The standard InChI is InChI=1S/C15H29N3O/c1-3-8-16-15(19)13(2)17-9-11-18(12-10-17)14-6-4-5-7-14/h13-14H,3-12H2,1-2H3,(H,16,19). The molecular formula is C15H29N3O. The molecule has 2 rings (SSSR count). The van der Waals surface area contributed by atoms with Crippen LogP contribution in [0.3, 0.4) is 0 Å². The van der Waals surface area contributed by atoms with Crippen molar-refractivity contribution in [2.45, 2.75) is 58.0 Å². The maximum absolute atomic E-state index is 12.0. The minimum atomic E-state index is 0.0253. The van der Waals surface area contributed by atoms with Gasteiger partial charge in [-0.25, -0.2) is 0 Å². The molecular weight excluding hydrogens is 238 g/mol. The minimum Gasteiger partial charge on any atom is -0.355 e. The van der Waals surface area contributed by atoms with Gasteiger partial charge in [0.1, 0.15) is 0 Å². The molecule has 4 nitrogen and oxygen atoms in total. The third-order valence-corrected chi connectivity index (χ3v) is 4.67. The molecule has 2 fully saturated rings. The lowest BCUT2D eigenvalue weighted by Gasteiger charge is -2.40. The number of nitrogens with zero attached hydrogens (tertiary/aromatic N) is 2. The second-order valence-corrected chi connectivity index (χ2v) is 5.98. The molecule has 1 aliphatic carbocycles. The predicted octanol–water partition coefficient (Wildman–Crippen LogP) is 1.46. The Hall–Kier alpha value is -0.610. The summed E-state index contributed by atoms with van der Waals surface area (Å²) in [5, 5.41) is 3.00. The third-order valence-electron chi connectivity index (χ3n) is 4.67. The van der Waals surface area contributed by atoms with Crippen molar-refractivity contribution in [1.29, 1.82) is 0 Å². The fourth-order valence-electron chi connectivity index (χ4n) is 3.32. The van der Waals surface area contributed by atoms with Gasteiger partial charge in [0, 0.05) is 38.8 Å². The summed E-state index contributed by atoms with van der Waals surface area (Å²) in [7, 11) is 0. The van der Waals surface area contributed by atoms with E-state index in [0.717, 1.165) is 45.2 Å². The van der Waals surface area contributed by atoms with Gasteiger partial charge in [-0.15, -0.1) is 0 Å². The molecule has 0 aromatic heterocycles. The average Bonchev–Trinajstić information content (AvgIpc) is 2.98. The lowest BCUT2D eigenvalue weighted by molar-refractivity contribution is -0.126. The summed E-state index contributed by atoms with van der Waals surface area (Å²) in [5.41, 5.74) is 0. The molecule has 4 heteroatoms. The molecule has 0 bridgehead atoms. The molecule has 1 atom stereocenters. The molecule has 0 spiro atoms. The SMILES string of the molecule is CCCNC(=O)C(C)N1CCN(C2CCCC2)CC1. The number of carbonyl (C=O) groups is 1. The average molecular weight is 267 g/mol. The van der Waals surface area contributed by atoms with Crippen LogP contribution >= 0.6 is 0 Å². The van der Waals surface area contributed by atoms with Crippen LogP contribution < -0.4 is 5.32 Å². The maximum Gasteiger partial charge on any atom is 0.237 e. The Morgan fingerprint density at radius 1 is 1.21 bits per heavy atom. The van der Waals surface area contributed by atoms with Crippen molar-refractivity contribution >= 4 is 5.91 Å². The van der Waals surface area contributed by atoms with Crippen molar-refractivity contribution in [2.24, 2.45) is 0 Å². The number of rotatable bonds is 5. The Labute approximate surface area is 117 Å².